The summed E-state index contributed by atoms with van der Waals surface area (Å²) >= 11 is 1.36. The predicted molar refractivity (Wildman–Crippen MR) is 109 cm³/mol. The fourth-order valence-electron chi connectivity index (χ4n) is 2.52. The number of benzene rings is 1. The number of nitrogens with zero attached hydrogens (tertiary/aromatic N) is 3. The van der Waals surface area contributed by atoms with Crippen LogP contribution in [-0.4, -0.2) is 34.9 Å². The van der Waals surface area contributed by atoms with E-state index in [-0.39, 0.29) is 11.7 Å². The van der Waals surface area contributed by atoms with Gasteiger partial charge in [0.15, 0.2) is 0 Å². The van der Waals surface area contributed by atoms with Crippen molar-refractivity contribution in [2.24, 2.45) is 5.92 Å². The van der Waals surface area contributed by atoms with Crippen LogP contribution < -0.4 is 10.2 Å². The van der Waals surface area contributed by atoms with Crippen LogP contribution in [0.5, 0.6) is 0 Å². The molecule has 0 saturated carbocycles. The van der Waals surface area contributed by atoms with Crippen LogP contribution >= 0.6 is 11.5 Å². The minimum Gasteiger partial charge on any atom is -0.356 e. The van der Waals surface area contributed by atoms with Gasteiger partial charge in [0.2, 0.25) is 11.0 Å². The first-order chi connectivity index (χ1) is 13.0. The molecular formula is C20H29FN4OS. The average molecular weight is 393 g/mol. The number of carbonyl (C=O) groups is 1. The normalized spacial score (nSPS) is 11.0. The second kappa shape index (κ2) is 11.0. The largest absolute Gasteiger partial charge is 0.356 e. The molecule has 0 fully saturated rings. The highest BCUT2D eigenvalue weighted by Gasteiger charge is 2.14. The molecule has 5 nitrogen and oxygen atoms in total. The summed E-state index contributed by atoms with van der Waals surface area (Å²) in [6.07, 6.45) is 3.15. The van der Waals surface area contributed by atoms with E-state index < -0.39 is 0 Å². The molecule has 27 heavy (non-hydrogen) atoms. The lowest BCUT2D eigenvalue weighted by atomic mass is 10.1. The van der Waals surface area contributed by atoms with Gasteiger partial charge < -0.3 is 10.2 Å². The van der Waals surface area contributed by atoms with Gasteiger partial charge in [-0.2, -0.15) is 4.37 Å². The maximum absolute atomic E-state index is 13.0. The minimum atomic E-state index is -0.243. The van der Waals surface area contributed by atoms with E-state index in [2.05, 4.69) is 40.3 Å². The van der Waals surface area contributed by atoms with E-state index in [9.17, 15) is 9.18 Å². The Bertz CT molecular complexity index is 702. The zero-order valence-corrected chi connectivity index (χ0v) is 17.2. The highest BCUT2D eigenvalue weighted by molar-refractivity contribution is 7.09. The van der Waals surface area contributed by atoms with Crippen molar-refractivity contribution in [1.82, 2.24) is 14.7 Å². The standard InChI is InChI=1S/C20H29FN4OS/c1-4-5-11-25(12-10-19(26)22-14-15(2)3)20-23-18(24-27-20)13-16-6-8-17(21)9-7-16/h6-9,15H,4-5,10-14H2,1-3H3,(H,22,26). The van der Waals surface area contributed by atoms with Crippen molar-refractivity contribution < 1.29 is 9.18 Å². The molecule has 0 aliphatic heterocycles. The molecule has 1 N–H and O–H groups in total. The van der Waals surface area contributed by atoms with Crippen LogP contribution in [0, 0.1) is 11.7 Å². The van der Waals surface area contributed by atoms with Gasteiger partial charge >= 0.3 is 0 Å². The first-order valence-corrected chi connectivity index (χ1v) is 10.3. The molecule has 1 amide bonds. The second-order valence-electron chi connectivity index (χ2n) is 7.08. The van der Waals surface area contributed by atoms with E-state index >= 15 is 0 Å². The highest BCUT2D eigenvalue weighted by atomic mass is 32.1. The average Bonchev–Trinajstić information content (AvgIpc) is 3.10. The molecule has 0 saturated heterocycles. The summed E-state index contributed by atoms with van der Waals surface area (Å²) in [5.41, 5.74) is 0.980. The molecule has 0 spiro atoms. The predicted octanol–water partition coefficient (Wildman–Crippen LogP) is 4.04. The molecule has 1 heterocycles. The lowest BCUT2D eigenvalue weighted by Crippen LogP contribution is -2.33. The fourth-order valence-corrected chi connectivity index (χ4v) is 3.26. The van der Waals surface area contributed by atoms with Crippen molar-refractivity contribution in [2.45, 2.75) is 46.5 Å². The summed E-state index contributed by atoms with van der Waals surface area (Å²) in [6.45, 7) is 8.51. The number of aromatic nitrogens is 2. The lowest BCUT2D eigenvalue weighted by molar-refractivity contribution is -0.121. The molecule has 7 heteroatoms. The van der Waals surface area contributed by atoms with Gasteiger partial charge in [0.25, 0.3) is 0 Å². The third-order valence-electron chi connectivity index (χ3n) is 4.10. The number of hydrogen-bond acceptors (Lipinski definition) is 5. The van der Waals surface area contributed by atoms with Crippen molar-refractivity contribution >= 4 is 22.6 Å². The van der Waals surface area contributed by atoms with E-state index in [0.717, 1.165) is 35.9 Å². The van der Waals surface area contributed by atoms with Crippen molar-refractivity contribution in [3.63, 3.8) is 0 Å². The van der Waals surface area contributed by atoms with Gasteiger partial charge in [-0.3, -0.25) is 4.79 Å². The van der Waals surface area contributed by atoms with E-state index in [0.29, 0.717) is 31.8 Å². The Morgan fingerprint density at radius 1 is 1.26 bits per heavy atom. The zero-order valence-electron chi connectivity index (χ0n) is 16.4. The van der Waals surface area contributed by atoms with Gasteiger partial charge in [-0.1, -0.05) is 39.3 Å². The first kappa shape index (κ1) is 21.3. The topological polar surface area (TPSA) is 58.1 Å². The van der Waals surface area contributed by atoms with Crippen LogP contribution in [0.3, 0.4) is 0 Å². The minimum absolute atomic E-state index is 0.0706. The molecule has 1 aromatic carbocycles. The van der Waals surface area contributed by atoms with Crippen molar-refractivity contribution in [3.8, 4) is 0 Å². The molecule has 2 rings (SSSR count). The maximum Gasteiger partial charge on any atom is 0.221 e. The van der Waals surface area contributed by atoms with E-state index in [1.807, 2.05) is 0 Å². The van der Waals surface area contributed by atoms with Crippen LogP contribution in [0.25, 0.3) is 0 Å². The third-order valence-corrected chi connectivity index (χ3v) is 4.92. The van der Waals surface area contributed by atoms with Gasteiger partial charge in [0.05, 0.1) is 0 Å². The maximum atomic E-state index is 13.0. The summed E-state index contributed by atoms with van der Waals surface area (Å²) < 4.78 is 17.5. The van der Waals surface area contributed by atoms with Gasteiger partial charge in [-0.15, -0.1) is 0 Å². The smallest absolute Gasteiger partial charge is 0.221 e. The highest BCUT2D eigenvalue weighted by Crippen LogP contribution is 2.20. The summed E-state index contributed by atoms with van der Waals surface area (Å²) in [4.78, 5) is 18.8. The van der Waals surface area contributed by atoms with Crippen molar-refractivity contribution in [3.05, 3.63) is 41.5 Å². The third kappa shape index (κ3) is 7.62. The summed E-state index contributed by atoms with van der Waals surface area (Å²) in [5, 5.41) is 3.80. The number of hydrogen-bond donors (Lipinski definition) is 1. The second-order valence-corrected chi connectivity index (χ2v) is 7.82. The molecular weight excluding hydrogens is 363 g/mol. The molecule has 0 radical (unpaired) electrons. The Balaban J connectivity index is 1.95. The van der Waals surface area contributed by atoms with Gasteiger partial charge in [-0.05, 0) is 30.0 Å². The molecule has 0 bridgehead atoms. The molecule has 2 aromatic rings. The number of nitrogens with one attached hydrogen (secondary N) is 1. The van der Waals surface area contributed by atoms with Gasteiger partial charge in [0, 0.05) is 44.0 Å². The Hall–Kier alpha value is -2.02. The van der Waals surface area contributed by atoms with Gasteiger partial charge in [0.1, 0.15) is 11.6 Å². The Morgan fingerprint density at radius 3 is 2.67 bits per heavy atom. The van der Waals surface area contributed by atoms with Crippen LogP contribution in [0.2, 0.25) is 0 Å². The van der Waals surface area contributed by atoms with Crippen LogP contribution in [0.15, 0.2) is 24.3 Å². The van der Waals surface area contributed by atoms with E-state index in [1.54, 1.807) is 12.1 Å². The van der Waals surface area contributed by atoms with Crippen molar-refractivity contribution in [2.75, 3.05) is 24.5 Å². The summed E-state index contributed by atoms with van der Waals surface area (Å²) in [5.74, 6) is 1.00. The molecule has 0 aliphatic rings. The molecule has 1 aromatic heterocycles. The number of halogens is 1. The molecule has 0 atom stereocenters. The Labute approximate surface area is 165 Å². The number of unbranched alkanes of at least 4 members (excludes halogenated alkanes) is 1. The van der Waals surface area contributed by atoms with E-state index in [1.165, 1.54) is 23.7 Å². The Morgan fingerprint density at radius 2 is 2.00 bits per heavy atom. The number of carbonyl (C=O) groups excluding carboxylic acids is 1. The van der Waals surface area contributed by atoms with Crippen LogP contribution in [0.1, 0.15) is 51.4 Å². The first-order valence-electron chi connectivity index (χ1n) is 9.56. The van der Waals surface area contributed by atoms with Crippen LogP contribution in [0.4, 0.5) is 9.52 Å². The zero-order chi connectivity index (χ0) is 19.6. The van der Waals surface area contributed by atoms with Gasteiger partial charge in [-0.25, -0.2) is 9.37 Å². The van der Waals surface area contributed by atoms with Crippen molar-refractivity contribution in [1.29, 1.82) is 0 Å². The van der Waals surface area contributed by atoms with Crippen LogP contribution in [-0.2, 0) is 11.2 Å². The Kier molecular flexibility index (Phi) is 8.64. The monoisotopic (exact) mass is 392 g/mol. The molecule has 0 aliphatic carbocycles. The SMILES string of the molecule is CCCCN(CCC(=O)NCC(C)C)c1nc(Cc2ccc(F)cc2)ns1. The number of amides is 1. The number of anilines is 1. The lowest BCUT2D eigenvalue weighted by Gasteiger charge is -2.21. The quantitative estimate of drug-likeness (QED) is 0.627. The molecule has 148 valence electrons. The van der Waals surface area contributed by atoms with E-state index in [4.69, 9.17) is 0 Å². The molecule has 0 unspecified atom stereocenters. The number of rotatable bonds is 11. The summed E-state index contributed by atoms with van der Waals surface area (Å²) in [6, 6.07) is 6.41. The fraction of sp³-hybridized carbons (Fsp3) is 0.550. The summed E-state index contributed by atoms with van der Waals surface area (Å²) in [7, 11) is 0.